The van der Waals surface area contributed by atoms with Crippen LogP contribution in [0.5, 0.6) is 0 Å². The van der Waals surface area contributed by atoms with Crippen molar-refractivity contribution in [2.24, 2.45) is 0 Å². The van der Waals surface area contributed by atoms with Crippen molar-refractivity contribution in [3.8, 4) is 0 Å². The van der Waals surface area contributed by atoms with Gasteiger partial charge in [0.25, 0.3) is 0 Å². The van der Waals surface area contributed by atoms with Crippen LogP contribution in [0.15, 0.2) is 30.3 Å². The van der Waals surface area contributed by atoms with Crippen LogP contribution in [0, 0.1) is 0 Å². The number of carbonyl (C=O) groups excluding carboxylic acids is 1. The lowest BCUT2D eigenvalue weighted by Crippen LogP contribution is -2.10. The molecule has 2 aromatic rings. The van der Waals surface area contributed by atoms with Gasteiger partial charge in [-0.1, -0.05) is 48.6 Å². The van der Waals surface area contributed by atoms with E-state index in [2.05, 4.69) is 39.8 Å². The lowest BCUT2D eigenvalue weighted by molar-refractivity contribution is -0.116. The Kier molecular flexibility index (Phi) is 5.68. The number of anilines is 1. The number of aromatic nitrogens is 2. The molecule has 20 heavy (non-hydrogen) atoms. The lowest BCUT2D eigenvalue weighted by atomic mass is 10.1. The van der Waals surface area contributed by atoms with Crippen molar-refractivity contribution in [2.75, 3.05) is 5.32 Å². The van der Waals surface area contributed by atoms with Crippen molar-refractivity contribution in [3.05, 3.63) is 40.9 Å². The van der Waals surface area contributed by atoms with Crippen LogP contribution < -0.4 is 5.32 Å². The summed E-state index contributed by atoms with van der Waals surface area (Å²) in [6.07, 6.45) is 4.35. The van der Waals surface area contributed by atoms with Gasteiger partial charge in [-0.25, -0.2) is 0 Å². The minimum absolute atomic E-state index is 0.0134. The van der Waals surface area contributed by atoms with Gasteiger partial charge in [0.1, 0.15) is 5.01 Å². The van der Waals surface area contributed by atoms with E-state index in [0.29, 0.717) is 11.6 Å². The van der Waals surface area contributed by atoms with Gasteiger partial charge in [0.15, 0.2) is 0 Å². The number of amides is 1. The van der Waals surface area contributed by atoms with E-state index in [9.17, 15) is 4.79 Å². The molecular formula is C15H19N3OS. The Morgan fingerprint density at radius 1 is 1.20 bits per heavy atom. The van der Waals surface area contributed by atoms with Crippen molar-refractivity contribution < 1.29 is 4.79 Å². The second-order valence-electron chi connectivity index (χ2n) is 4.64. The Labute approximate surface area is 123 Å². The highest BCUT2D eigenvalue weighted by Crippen LogP contribution is 2.17. The summed E-state index contributed by atoms with van der Waals surface area (Å²) in [5.41, 5.74) is 1.34. The molecular weight excluding hydrogens is 270 g/mol. The van der Waals surface area contributed by atoms with E-state index in [4.69, 9.17) is 0 Å². The molecule has 4 nitrogen and oxygen atoms in total. The van der Waals surface area contributed by atoms with Crippen LogP contribution in [0.2, 0.25) is 0 Å². The van der Waals surface area contributed by atoms with Gasteiger partial charge in [-0.2, -0.15) is 0 Å². The summed E-state index contributed by atoms with van der Waals surface area (Å²) in [4.78, 5) is 11.4. The summed E-state index contributed by atoms with van der Waals surface area (Å²) in [5.74, 6) is 0.0134. The number of carbonyl (C=O) groups is 1. The molecule has 0 atom stereocenters. The normalized spacial score (nSPS) is 10.4. The van der Waals surface area contributed by atoms with E-state index in [1.807, 2.05) is 13.0 Å². The molecule has 0 spiro atoms. The summed E-state index contributed by atoms with van der Waals surface area (Å²) >= 11 is 1.47. The molecule has 0 aliphatic rings. The summed E-state index contributed by atoms with van der Waals surface area (Å²) in [6, 6.07) is 10.4. The lowest BCUT2D eigenvalue weighted by Gasteiger charge is -1.99. The van der Waals surface area contributed by atoms with Gasteiger partial charge >= 0.3 is 0 Å². The fourth-order valence-corrected chi connectivity index (χ4v) is 2.70. The second-order valence-corrected chi connectivity index (χ2v) is 5.70. The van der Waals surface area contributed by atoms with Gasteiger partial charge in [0.05, 0.1) is 0 Å². The second kappa shape index (κ2) is 7.75. The molecule has 106 valence electrons. The van der Waals surface area contributed by atoms with Crippen LogP contribution >= 0.6 is 11.3 Å². The van der Waals surface area contributed by atoms with Crippen LogP contribution in [-0.4, -0.2) is 16.1 Å². The van der Waals surface area contributed by atoms with E-state index < -0.39 is 0 Å². The first kappa shape index (κ1) is 14.7. The van der Waals surface area contributed by atoms with Gasteiger partial charge in [0.2, 0.25) is 11.0 Å². The van der Waals surface area contributed by atoms with Crippen molar-refractivity contribution in [3.63, 3.8) is 0 Å². The highest BCUT2D eigenvalue weighted by Gasteiger charge is 2.07. The summed E-state index contributed by atoms with van der Waals surface area (Å²) < 4.78 is 0. The predicted molar refractivity (Wildman–Crippen MR) is 81.9 cm³/mol. The molecule has 1 amide bonds. The van der Waals surface area contributed by atoms with E-state index in [-0.39, 0.29) is 5.91 Å². The Bertz CT molecular complexity index is 539. The smallest absolute Gasteiger partial charge is 0.226 e. The van der Waals surface area contributed by atoms with Gasteiger partial charge in [-0.05, 0) is 24.8 Å². The van der Waals surface area contributed by atoms with Crippen molar-refractivity contribution in [2.45, 2.75) is 39.0 Å². The molecule has 1 aromatic heterocycles. The Morgan fingerprint density at radius 2 is 2.00 bits per heavy atom. The van der Waals surface area contributed by atoms with Crippen LogP contribution in [0.3, 0.4) is 0 Å². The fraction of sp³-hybridized carbons (Fsp3) is 0.400. The van der Waals surface area contributed by atoms with E-state index >= 15 is 0 Å². The first-order chi connectivity index (χ1) is 9.78. The zero-order chi connectivity index (χ0) is 14.2. The zero-order valence-electron chi connectivity index (χ0n) is 11.6. The number of nitrogens with zero attached hydrogens (tertiary/aromatic N) is 2. The number of rotatable bonds is 7. The number of aryl methyl sites for hydroxylation is 2. The number of nitrogens with one attached hydrogen (secondary N) is 1. The topological polar surface area (TPSA) is 54.9 Å². The summed E-state index contributed by atoms with van der Waals surface area (Å²) in [6.45, 7) is 1.98. The van der Waals surface area contributed by atoms with E-state index in [1.165, 1.54) is 16.9 Å². The third-order valence-electron chi connectivity index (χ3n) is 2.89. The zero-order valence-corrected chi connectivity index (χ0v) is 12.4. The Hall–Kier alpha value is -1.75. The number of hydrogen-bond acceptors (Lipinski definition) is 4. The summed E-state index contributed by atoms with van der Waals surface area (Å²) in [7, 11) is 0. The molecule has 0 saturated carbocycles. The van der Waals surface area contributed by atoms with Crippen molar-refractivity contribution in [1.29, 1.82) is 0 Å². The maximum atomic E-state index is 11.4. The minimum Gasteiger partial charge on any atom is -0.301 e. The highest BCUT2D eigenvalue weighted by atomic mass is 32.1. The van der Waals surface area contributed by atoms with Crippen molar-refractivity contribution >= 4 is 22.4 Å². The molecule has 0 radical (unpaired) electrons. The van der Waals surface area contributed by atoms with E-state index in [1.54, 1.807) is 0 Å². The number of benzene rings is 1. The molecule has 1 aromatic carbocycles. The SMILES string of the molecule is CCCC(=O)Nc1nnc(CCCc2ccccc2)s1. The molecule has 0 saturated heterocycles. The molecule has 0 aliphatic carbocycles. The Morgan fingerprint density at radius 3 is 2.75 bits per heavy atom. The molecule has 0 unspecified atom stereocenters. The van der Waals surface area contributed by atoms with E-state index in [0.717, 1.165) is 30.7 Å². The van der Waals surface area contributed by atoms with Crippen LogP contribution in [0.25, 0.3) is 0 Å². The molecule has 0 aliphatic heterocycles. The third kappa shape index (κ3) is 4.74. The largest absolute Gasteiger partial charge is 0.301 e. The quantitative estimate of drug-likeness (QED) is 0.849. The van der Waals surface area contributed by atoms with Gasteiger partial charge in [0, 0.05) is 12.8 Å². The standard InChI is InChI=1S/C15H19N3OS/c1-2-7-13(19)16-15-18-17-14(20-15)11-6-10-12-8-4-3-5-9-12/h3-5,8-9H,2,6-7,10-11H2,1H3,(H,16,18,19). The van der Waals surface area contributed by atoms with Gasteiger partial charge in [-0.15, -0.1) is 10.2 Å². The minimum atomic E-state index is 0.0134. The average Bonchev–Trinajstić information content (AvgIpc) is 2.88. The maximum Gasteiger partial charge on any atom is 0.226 e. The molecule has 1 heterocycles. The average molecular weight is 289 g/mol. The molecule has 0 bridgehead atoms. The first-order valence-electron chi connectivity index (χ1n) is 6.94. The fourth-order valence-electron chi connectivity index (χ4n) is 1.90. The van der Waals surface area contributed by atoms with Gasteiger partial charge in [-0.3, -0.25) is 4.79 Å². The first-order valence-corrected chi connectivity index (χ1v) is 7.75. The van der Waals surface area contributed by atoms with Crippen LogP contribution in [-0.2, 0) is 17.6 Å². The molecule has 5 heteroatoms. The molecule has 0 fully saturated rings. The van der Waals surface area contributed by atoms with Crippen LogP contribution in [0.1, 0.15) is 36.8 Å². The predicted octanol–water partition coefficient (Wildman–Crippen LogP) is 3.45. The monoisotopic (exact) mass is 289 g/mol. The Balaban J connectivity index is 1.77. The molecule has 1 N–H and O–H groups in total. The molecule has 2 rings (SSSR count). The summed E-state index contributed by atoms with van der Waals surface area (Å²) in [5, 5.41) is 12.5. The van der Waals surface area contributed by atoms with Crippen molar-refractivity contribution in [1.82, 2.24) is 10.2 Å². The third-order valence-corrected chi connectivity index (χ3v) is 3.79. The maximum absolute atomic E-state index is 11.4. The highest BCUT2D eigenvalue weighted by molar-refractivity contribution is 7.15. The van der Waals surface area contributed by atoms with Gasteiger partial charge < -0.3 is 5.32 Å². The number of hydrogen-bond donors (Lipinski definition) is 1. The van der Waals surface area contributed by atoms with Crippen LogP contribution in [0.4, 0.5) is 5.13 Å².